The van der Waals surface area contributed by atoms with Crippen molar-refractivity contribution in [2.75, 3.05) is 13.2 Å². The van der Waals surface area contributed by atoms with E-state index in [4.69, 9.17) is 4.74 Å². The van der Waals surface area contributed by atoms with Crippen LogP contribution in [0.4, 0.5) is 0 Å². The molecule has 0 heterocycles. The van der Waals surface area contributed by atoms with Gasteiger partial charge >= 0.3 is 0 Å². The molecule has 0 amide bonds. The van der Waals surface area contributed by atoms with Crippen LogP contribution < -0.4 is 5.32 Å². The molecule has 0 spiro atoms. The van der Waals surface area contributed by atoms with Gasteiger partial charge in [-0.2, -0.15) is 0 Å². The molecule has 0 bridgehead atoms. The van der Waals surface area contributed by atoms with Gasteiger partial charge in [-0.05, 0) is 37.4 Å². The zero-order valence-electron chi connectivity index (χ0n) is 10.9. The van der Waals surface area contributed by atoms with Crippen LogP contribution in [0, 0.1) is 0 Å². The van der Waals surface area contributed by atoms with E-state index < -0.39 is 0 Å². The van der Waals surface area contributed by atoms with Crippen LogP contribution >= 0.6 is 0 Å². The van der Waals surface area contributed by atoms with Gasteiger partial charge in [-0.15, -0.1) is 0 Å². The van der Waals surface area contributed by atoms with Gasteiger partial charge in [0.15, 0.2) is 0 Å². The lowest BCUT2D eigenvalue weighted by molar-refractivity contribution is 0.243. The van der Waals surface area contributed by atoms with Gasteiger partial charge in [0.05, 0.1) is 12.9 Å². The summed E-state index contributed by atoms with van der Waals surface area (Å²) in [4.78, 5) is 0. The van der Waals surface area contributed by atoms with Crippen LogP contribution in [0.2, 0.25) is 0 Å². The summed E-state index contributed by atoms with van der Waals surface area (Å²) in [6, 6.07) is 9.21. The Kier molecular flexibility index (Phi) is 6.41. The van der Waals surface area contributed by atoms with Crippen LogP contribution in [-0.2, 0) is 11.2 Å². The van der Waals surface area contributed by atoms with Crippen LogP contribution in [0.15, 0.2) is 37.1 Å². The molecule has 0 aliphatic rings. The first kappa shape index (κ1) is 13.8. The van der Waals surface area contributed by atoms with Crippen molar-refractivity contribution in [3.8, 4) is 0 Å². The molecule has 2 nitrogen and oxygen atoms in total. The Hall–Kier alpha value is -1.28. The summed E-state index contributed by atoms with van der Waals surface area (Å²) in [6.45, 7) is 9.58. The summed E-state index contributed by atoms with van der Waals surface area (Å²) in [7, 11) is 0. The molecule has 1 unspecified atom stereocenters. The molecule has 1 aromatic rings. The number of rotatable bonds is 8. The third-order valence-electron chi connectivity index (χ3n) is 2.90. The van der Waals surface area contributed by atoms with Crippen LogP contribution in [-0.4, -0.2) is 13.2 Å². The Morgan fingerprint density at radius 2 is 2.06 bits per heavy atom. The summed E-state index contributed by atoms with van der Waals surface area (Å²) < 4.78 is 5.08. The summed E-state index contributed by atoms with van der Waals surface area (Å²) in [5.41, 5.74) is 2.73. The third kappa shape index (κ3) is 5.05. The monoisotopic (exact) mass is 233 g/mol. The van der Waals surface area contributed by atoms with Gasteiger partial charge in [0, 0.05) is 6.04 Å². The van der Waals surface area contributed by atoms with Gasteiger partial charge in [0.25, 0.3) is 0 Å². The van der Waals surface area contributed by atoms with Gasteiger partial charge in [0.2, 0.25) is 0 Å². The summed E-state index contributed by atoms with van der Waals surface area (Å²) in [5.74, 6) is 0. The molecule has 0 aromatic heterocycles. The van der Waals surface area contributed by atoms with Crippen LogP contribution in [0.1, 0.15) is 37.4 Å². The Morgan fingerprint density at radius 3 is 2.65 bits per heavy atom. The second kappa shape index (κ2) is 7.91. The van der Waals surface area contributed by atoms with E-state index in [9.17, 15) is 0 Å². The fourth-order valence-corrected chi connectivity index (χ4v) is 1.72. The van der Waals surface area contributed by atoms with Gasteiger partial charge in [-0.25, -0.2) is 0 Å². The van der Waals surface area contributed by atoms with E-state index in [1.54, 1.807) is 0 Å². The van der Waals surface area contributed by atoms with E-state index in [1.165, 1.54) is 17.4 Å². The maximum atomic E-state index is 5.08. The van der Waals surface area contributed by atoms with Crippen LogP contribution in [0.5, 0.6) is 0 Å². The standard InChI is InChI=1S/C15H23NO/c1-4-14-7-9-15(10-8-14)13(3)16-11-6-12-17-5-2/h5,7-10,13,16H,2,4,6,11-12H2,1,3H3. The normalized spacial score (nSPS) is 12.1. The maximum Gasteiger partial charge on any atom is 0.0885 e. The van der Waals surface area contributed by atoms with E-state index in [-0.39, 0.29) is 0 Å². The van der Waals surface area contributed by atoms with Crippen molar-refractivity contribution < 1.29 is 4.74 Å². The minimum atomic E-state index is 0.393. The Morgan fingerprint density at radius 1 is 1.35 bits per heavy atom. The Balaban J connectivity index is 2.30. The highest BCUT2D eigenvalue weighted by Crippen LogP contribution is 2.13. The number of hydrogen-bond acceptors (Lipinski definition) is 2. The third-order valence-corrected chi connectivity index (χ3v) is 2.90. The van der Waals surface area contributed by atoms with Crippen LogP contribution in [0.3, 0.4) is 0 Å². The first-order chi connectivity index (χ1) is 8.27. The number of hydrogen-bond donors (Lipinski definition) is 1. The zero-order valence-corrected chi connectivity index (χ0v) is 10.9. The number of ether oxygens (including phenoxy) is 1. The fraction of sp³-hybridized carbons (Fsp3) is 0.467. The van der Waals surface area contributed by atoms with Crippen molar-refractivity contribution in [1.29, 1.82) is 0 Å². The molecule has 94 valence electrons. The topological polar surface area (TPSA) is 21.3 Å². The van der Waals surface area contributed by atoms with Crippen molar-refractivity contribution in [2.24, 2.45) is 0 Å². The second-order valence-electron chi connectivity index (χ2n) is 4.16. The lowest BCUT2D eigenvalue weighted by atomic mass is 10.1. The number of aryl methyl sites for hydroxylation is 1. The highest BCUT2D eigenvalue weighted by Gasteiger charge is 2.03. The minimum absolute atomic E-state index is 0.393. The number of benzene rings is 1. The lowest BCUT2D eigenvalue weighted by Gasteiger charge is -2.14. The predicted octanol–water partition coefficient (Wildman–Crippen LogP) is 3.45. The molecule has 0 fully saturated rings. The molecule has 17 heavy (non-hydrogen) atoms. The summed E-state index contributed by atoms with van der Waals surface area (Å²) in [5, 5.41) is 3.48. The van der Waals surface area contributed by atoms with E-state index in [2.05, 4.69) is 50.0 Å². The first-order valence-corrected chi connectivity index (χ1v) is 6.32. The molecule has 0 saturated heterocycles. The van der Waals surface area contributed by atoms with Crippen molar-refractivity contribution in [1.82, 2.24) is 5.32 Å². The predicted molar refractivity (Wildman–Crippen MR) is 73.0 cm³/mol. The molecule has 1 N–H and O–H groups in total. The molecular formula is C15H23NO. The molecule has 0 radical (unpaired) electrons. The highest BCUT2D eigenvalue weighted by molar-refractivity contribution is 5.24. The average molecular weight is 233 g/mol. The van der Waals surface area contributed by atoms with Crippen molar-refractivity contribution in [2.45, 2.75) is 32.7 Å². The van der Waals surface area contributed by atoms with E-state index in [0.29, 0.717) is 6.04 Å². The summed E-state index contributed by atoms with van der Waals surface area (Å²) >= 11 is 0. The summed E-state index contributed by atoms with van der Waals surface area (Å²) in [6.07, 6.45) is 3.59. The Bertz CT molecular complexity index is 318. The highest BCUT2D eigenvalue weighted by atomic mass is 16.5. The average Bonchev–Trinajstić information content (AvgIpc) is 2.38. The van der Waals surface area contributed by atoms with E-state index in [1.807, 2.05) is 0 Å². The van der Waals surface area contributed by atoms with Gasteiger partial charge in [-0.1, -0.05) is 37.8 Å². The molecule has 1 aromatic carbocycles. The fourth-order valence-electron chi connectivity index (χ4n) is 1.72. The Labute approximate surface area is 105 Å². The SMILES string of the molecule is C=COCCCNC(C)c1ccc(CC)cc1. The second-order valence-corrected chi connectivity index (χ2v) is 4.16. The molecule has 1 rings (SSSR count). The van der Waals surface area contributed by atoms with Gasteiger partial charge < -0.3 is 10.1 Å². The molecule has 2 heteroatoms. The first-order valence-electron chi connectivity index (χ1n) is 6.32. The van der Waals surface area contributed by atoms with E-state index in [0.717, 1.165) is 26.0 Å². The zero-order chi connectivity index (χ0) is 12.5. The smallest absolute Gasteiger partial charge is 0.0885 e. The van der Waals surface area contributed by atoms with Gasteiger partial charge in [0.1, 0.15) is 0 Å². The lowest BCUT2D eigenvalue weighted by Crippen LogP contribution is -2.20. The molecule has 0 aliphatic carbocycles. The van der Waals surface area contributed by atoms with E-state index >= 15 is 0 Å². The molecule has 1 atom stereocenters. The van der Waals surface area contributed by atoms with Gasteiger partial charge in [-0.3, -0.25) is 0 Å². The van der Waals surface area contributed by atoms with Crippen molar-refractivity contribution >= 4 is 0 Å². The number of nitrogens with one attached hydrogen (secondary N) is 1. The van der Waals surface area contributed by atoms with Crippen molar-refractivity contribution in [3.63, 3.8) is 0 Å². The molecule has 0 saturated carbocycles. The molecule has 0 aliphatic heterocycles. The van der Waals surface area contributed by atoms with Crippen molar-refractivity contribution in [3.05, 3.63) is 48.2 Å². The minimum Gasteiger partial charge on any atom is -0.502 e. The largest absolute Gasteiger partial charge is 0.502 e. The van der Waals surface area contributed by atoms with Crippen LogP contribution in [0.25, 0.3) is 0 Å². The molecular weight excluding hydrogens is 210 g/mol. The maximum absolute atomic E-state index is 5.08. The quantitative estimate of drug-likeness (QED) is 0.548.